The number of aromatic amines is 1. The van der Waals surface area contributed by atoms with E-state index in [1.54, 1.807) is 19.1 Å². The Kier molecular flexibility index (Phi) is 5.16. The van der Waals surface area contributed by atoms with Crippen LogP contribution < -0.4 is 5.56 Å². The van der Waals surface area contributed by atoms with Gasteiger partial charge in [0.1, 0.15) is 0 Å². The molecule has 0 radical (unpaired) electrons. The summed E-state index contributed by atoms with van der Waals surface area (Å²) in [5.74, 6) is 0. The molecule has 138 valence electrons. The van der Waals surface area contributed by atoms with Gasteiger partial charge in [-0.05, 0) is 37.6 Å². The number of hydrogen-bond acceptors (Lipinski definition) is 4. The minimum atomic E-state index is -0.541. The molecule has 3 aromatic rings. The monoisotopic (exact) mass is 404 g/mol. The van der Waals surface area contributed by atoms with Crippen LogP contribution in [0, 0.1) is 24.0 Å². The molecule has 0 unspecified atom stereocenters. The maximum Gasteiger partial charge on any atom is 0.280 e. The van der Waals surface area contributed by atoms with E-state index < -0.39 is 4.92 Å². The number of nitrogens with zero attached hydrogens (tertiary/aromatic N) is 3. The Morgan fingerprint density at radius 1 is 1.15 bits per heavy atom. The average molecular weight is 405 g/mol. The number of hydrogen-bond donors (Lipinski definition) is 1. The number of non-ortho nitro benzene ring substituents is 1. The summed E-state index contributed by atoms with van der Waals surface area (Å²) in [6.45, 7) is 3.62. The number of nitrogens with one attached hydrogen (secondary N) is 1. The predicted molar refractivity (Wildman–Crippen MR) is 106 cm³/mol. The molecule has 0 bridgehead atoms. The number of nitro benzene ring substituents is 1. The number of aryl methyl sites for hydroxylation is 2. The number of H-pyrrole nitrogens is 1. The highest BCUT2D eigenvalue weighted by Gasteiger charge is 2.13. The summed E-state index contributed by atoms with van der Waals surface area (Å²) in [5, 5.41) is 14.4. The number of nitro groups is 1. The number of aliphatic imine (C=N–C) groups is 1. The van der Waals surface area contributed by atoms with E-state index in [-0.39, 0.29) is 16.3 Å². The molecule has 0 atom stereocenters. The van der Waals surface area contributed by atoms with Gasteiger partial charge in [-0.15, -0.1) is 0 Å². The smallest absolute Gasteiger partial charge is 0.280 e. The molecule has 9 heteroatoms. The van der Waals surface area contributed by atoms with Crippen molar-refractivity contribution in [3.05, 3.63) is 83.7 Å². The molecule has 0 aliphatic rings. The van der Waals surface area contributed by atoms with Crippen LogP contribution in [0.2, 0.25) is 10.0 Å². The Labute approximate surface area is 164 Å². The molecule has 2 aromatic carbocycles. The Bertz CT molecular complexity index is 1130. The van der Waals surface area contributed by atoms with Crippen LogP contribution in [0.5, 0.6) is 0 Å². The molecule has 1 heterocycles. The van der Waals surface area contributed by atoms with Crippen molar-refractivity contribution in [2.24, 2.45) is 4.99 Å². The quantitative estimate of drug-likeness (QED) is 0.386. The molecule has 0 aliphatic carbocycles. The van der Waals surface area contributed by atoms with Crippen molar-refractivity contribution in [2.75, 3.05) is 0 Å². The lowest BCUT2D eigenvalue weighted by molar-refractivity contribution is -0.384. The topological polar surface area (TPSA) is 93.3 Å². The van der Waals surface area contributed by atoms with Crippen LogP contribution in [0.15, 0.2) is 46.2 Å². The van der Waals surface area contributed by atoms with Crippen LogP contribution in [0.3, 0.4) is 0 Å². The molecular weight excluding hydrogens is 391 g/mol. The molecule has 3 rings (SSSR count). The van der Waals surface area contributed by atoms with E-state index in [0.29, 0.717) is 27.7 Å². The van der Waals surface area contributed by atoms with Crippen molar-refractivity contribution < 1.29 is 4.92 Å². The fraction of sp³-hybridized carbons (Fsp3) is 0.111. The first-order chi connectivity index (χ1) is 12.8. The van der Waals surface area contributed by atoms with Gasteiger partial charge in [0.25, 0.3) is 11.2 Å². The highest BCUT2D eigenvalue weighted by atomic mass is 35.5. The summed E-state index contributed by atoms with van der Waals surface area (Å²) in [4.78, 5) is 27.1. The first-order valence-corrected chi connectivity index (χ1v) is 8.59. The van der Waals surface area contributed by atoms with Crippen molar-refractivity contribution >= 4 is 40.8 Å². The molecule has 0 aliphatic heterocycles. The minimum Gasteiger partial charge on any atom is -0.295 e. The highest BCUT2D eigenvalue weighted by Crippen LogP contribution is 2.28. The van der Waals surface area contributed by atoms with Gasteiger partial charge in [-0.3, -0.25) is 25.0 Å². The molecule has 27 heavy (non-hydrogen) atoms. The van der Waals surface area contributed by atoms with Gasteiger partial charge in [-0.1, -0.05) is 29.3 Å². The molecule has 1 N–H and O–H groups in total. The lowest BCUT2D eigenvalue weighted by Crippen LogP contribution is -2.17. The van der Waals surface area contributed by atoms with Crippen LogP contribution in [0.4, 0.5) is 11.4 Å². The average Bonchev–Trinajstić information content (AvgIpc) is 2.90. The highest BCUT2D eigenvalue weighted by molar-refractivity contribution is 6.33. The fourth-order valence-electron chi connectivity index (χ4n) is 2.46. The molecule has 0 fully saturated rings. The van der Waals surface area contributed by atoms with Crippen molar-refractivity contribution in [3.63, 3.8) is 0 Å². The Balaban J connectivity index is 1.98. The van der Waals surface area contributed by atoms with Gasteiger partial charge in [0.2, 0.25) is 0 Å². The second-order valence-electron chi connectivity index (χ2n) is 5.88. The third-order valence-corrected chi connectivity index (χ3v) is 4.72. The summed E-state index contributed by atoms with van der Waals surface area (Å²) >= 11 is 12.2. The zero-order valence-electron chi connectivity index (χ0n) is 14.4. The number of benzene rings is 2. The van der Waals surface area contributed by atoms with E-state index in [1.807, 2.05) is 13.0 Å². The Morgan fingerprint density at radius 3 is 2.52 bits per heavy atom. The van der Waals surface area contributed by atoms with E-state index in [2.05, 4.69) is 10.1 Å². The summed E-state index contributed by atoms with van der Waals surface area (Å²) in [6.07, 6.45) is 1.38. The SMILES string of the molecule is Cc1ccc(-n2[nH]c(C)c(C=Nc3ccc([N+](=O)[O-])cc3Cl)c2=O)cc1Cl. The maximum atomic E-state index is 12.7. The molecule has 0 saturated carbocycles. The van der Waals surface area contributed by atoms with Crippen molar-refractivity contribution in [1.29, 1.82) is 0 Å². The van der Waals surface area contributed by atoms with E-state index in [9.17, 15) is 14.9 Å². The number of aromatic nitrogens is 2. The predicted octanol–water partition coefficient (Wildman–Crippen LogP) is 4.75. The van der Waals surface area contributed by atoms with Gasteiger partial charge in [-0.2, -0.15) is 0 Å². The van der Waals surface area contributed by atoms with Gasteiger partial charge in [-0.25, -0.2) is 4.68 Å². The lowest BCUT2D eigenvalue weighted by atomic mass is 10.2. The van der Waals surface area contributed by atoms with Gasteiger partial charge in [0.05, 0.1) is 26.9 Å². The van der Waals surface area contributed by atoms with Crippen molar-refractivity contribution in [1.82, 2.24) is 9.78 Å². The normalized spacial score (nSPS) is 11.3. The zero-order chi connectivity index (χ0) is 19.7. The van der Waals surface area contributed by atoms with Crippen molar-refractivity contribution in [3.8, 4) is 5.69 Å². The van der Waals surface area contributed by atoms with Crippen LogP contribution in [0.25, 0.3) is 5.69 Å². The van der Waals surface area contributed by atoms with Crippen LogP contribution in [-0.2, 0) is 0 Å². The van der Waals surface area contributed by atoms with Gasteiger partial charge in [0, 0.05) is 29.1 Å². The van der Waals surface area contributed by atoms with E-state index in [4.69, 9.17) is 23.2 Å². The van der Waals surface area contributed by atoms with Gasteiger partial charge >= 0.3 is 0 Å². The summed E-state index contributed by atoms with van der Waals surface area (Å²) in [5.41, 5.74) is 2.37. The third kappa shape index (κ3) is 3.79. The van der Waals surface area contributed by atoms with E-state index in [0.717, 1.165) is 5.56 Å². The number of rotatable bonds is 4. The summed E-state index contributed by atoms with van der Waals surface area (Å²) in [7, 11) is 0. The molecule has 0 amide bonds. The molecule has 0 saturated heterocycles. The van der Waals surface area contributed by atoms with Gasteiger partial charge < -0.3 is 0 Å². The fourth-order valence-corrected chi connectivity index (χ4v) is 2.86. The molecule has 0 spiro atoms. The van der Waals surface area contributed by atoms with E-state index >= 15 is 0 Å². The van der Waals surface area contributed by atoms with Crippen LogP contribution in [-0.4, -0.2) is 20.9 Å². The second-order valence-corrected chi connectivity index (χ2v) is 6.69. The van der Waals surface area contributed by atoms with Crippen molar-refractivity contribution in [2.45, 2.75) is 13.8 Å². The third-order valence-electron chi connectivity index (χ3n) is 4.01. The minimum absolute atomic E-state index is 0.124. The summed E-state index contributed by atoms with van der Waals surface area (Å²) in [6, 6.07) is 9.25. The van der Waals surface area contributed by atoms with E-state index in [1.165, 1.54) is 29.1 Å². The zero-order valence-corrected chi connectivity index (χ0v) is 15.9. The summed E-state index contributed by atoms with van der Waals surface area (Å²) < 4.78 is 1.37. The second kappa shape index (κ2) is 7.38. The first kappa shape index (κ1) is 18.9. The Hall–Kier alpha value is -2.90. The largest absolute Gasteiger partial charge is 0.295 e. The first-order valence-electron chi connectivity index (χ1n) is 7.84. The lowest BCUT2D eigenvalue weighted by Gasteiger charge is -2.04. The van der Waals surface area contributed by atoms with Gasteiger partial charge in [0.15, 0.2) is 0 Å². The maximum absolute atomic E-state index is 12.7. The number of halogens is 2. The molecular formula is C18H14Cl2N4O3. The molecule has 7 nitrogen and oxygen atoms in total. The van der Waals surface area contributed by atoms with Crippen LogP contribution >= 0.6 is 23.2 Å². The standard InChI is InChI=1S/C18H14Cl2N4O3/c1-10-3-4-12(7-15(10)19)23-18(25)14(11(2)22-23)9-21-17-6-5-13(24(26)27)8-16(17)20/h3-9,22H,1-2H3. The van der Waals surface area contributed by atoms with Crippen LogP contribution in [0.1, 0.15) is 16.8 Å². The molecule has 1 aromatic heterocycles. The Morgan fingerprint density at radius 2 is 1.89 bits per heavy atom.